The van der Waals surface area contributed by atoms with E-state index < -0.39 is 5.97 Å². The number of hydrogen-bond donors (Lipinski definition) is 1. The number of carbonyl (C=O) groups excluding carboxylic acids is 2. The molecule has 0 aliphatic rings. The molecule has 2 aromatic carbocycles. The highest BCUT2D eigenvalue weighted by atomic mass is 32.2. The van der Waals surface area contributed by atoms with Crippen LogP contribution in [0.2, 0.25) is 0 Å². The lowest BCUT2D eigenvalue weighted by Gasteiger charge is -2.06. The standard InChI is InChI=1S/C20H19N3O5S2/c1-26-15-8-13(9-16(10-15)27-2)18-22-23-20(30-18)29-11-17(24)21-14-6-4-12(5-7-14)19(25)28-3/h4-10H,11H2,1-3H3,(H,21,24). The molecule has 1 N–H and O–H groups in total. The summed E-state index contributed by atoms with van der Waals surface area (Å²) in [7, 11) is 4.49. The molecule has 0 unspecified atom stereocenters. The molecule has 0 fully saturated rings. The van der Waals surface area contributed by atoms with Gasteiger partial charge in [-0.15, -0.1) is 10.2 Å². The first-order valence-corrected chi connectivity index (χ1v) is 10.5. The lowest BCUT2D eigenvalue weighted by molar-refractivity contribution is -0.113. The van der Waals surface area contributed by atoms with Crippen LogP contribution in [0.4, 0.5) is 5.69 Å². The van der Waals surface area contributed by atoms with Crippen LogP contribution in [0, 0.1) is 0 Å². The van der Waals surface area contributed by atoms with Crippen LogP contribution in [0.5, 0.6) is 11.5 Å². The summed E-state index contributed by atoms with van der Waals surface area (Å²) in [6.07, 6.45) is 0. The number of benzene rings is 2. The summed E-state index contributed by atoms with van der Waals surface area (Å²) in [5, 5.41) is 11.8. The minimum Gasteiger partial charge on any atom is -0.497 e. The predicted octanol–water partition coefficient (Wildman–Crippen LogP) is 3.74. The van der Waals surface area contributed by atoms with E-state index in [0.29, 0.717) is 32.1 Å². The Bertz CT molecular complexity index is 1010. The first-order valence-electron chi connectivity index (χ1n) is 8.70. The molecule has 0 saturated heterocycles. The predicted molar refractivity (Wildman–Crippen MR) is 116 cm³/mol. The molecule has 1 heterocycles. The fraction of sp³-hybridized carbons (Fsp3) is 0.200. The van der Waals surface area contributed by atoms with E-state index in [9.17, 15) is 9.59 Å². The van der Waals surface area contributed by atoms with Crippen LogP contribution in [-0.2, 0) is 9.53 Å². The van der Waals surface area contributed by atoms with Crippen molar-refractivity contribution in [3.05, 3.63) is 48.0 Å². The second kappa shape index (κ2) is 10.1. The summed E-state index contributed by atoms with van der Waals surface area (Å²) in [5.41, 5.74) is 1.83. The molecule has 0 saturated carbocycles. The number of thioether (sulfide) groups is 1. The number of amides is 1. The summed E-state index contributed by atoms with van der Waals surface area (Å²) >= 11 is 2.67. The highest BCUT2D eigenvalue weighted by Crippen LogP contribution is 2.34. The quantitative estimate of drug-likeness (QED) is 0.413. The van der Waals surface area contributed by atoms with Gasteiger partial charge in [0.2, 0.25) is 5.91 Å². The molecule has 3 rings (SSSR count). The average molecular weight is 446 g/mol. The molecular weight excluding hydrogens is 426 g/mol. The summed E-state index contributed by atoms with van der Waals surface area (Å²) in [5.74, 6) is 0.877. The number of anilines is 1. The van der Waals surface area contributed by atoms with E-state index in [1.807, 2.05) is 12.1 Å². The highest BCUT2D eigenvalue weighted by molar-refractivity contribution is 8.01. The minimum absolute atomic E-state index is 0.175. The maximum atomic E-state index is 12.2. The smallest absolute Gasteiger partial charge is 0.337 e. The topological polar surface area (TPSA) is 99.6 Å². The monoisotopic (exact) mass is 445 g/mol. The van der Waals surface area contributed by atoms with Crippen LogP contribution in [-0.4, -0.2) is 49.2 Å². The van der Waals surface area contributed by atoms with Gasteiger partial charge in [-0.3, -0.25) is 4.79 Å². The van der Waals surface area contributed by atoms with Crippen LogP contribution in [0.25, 0.3) is 10.6 Å². The third-order valence-corrected chi connectivity index (χ3v) is 6.03. The van der Waals surface area contributed by atoms with Gasteiger partial charge >= 0.3 is 5.97 Å². The van der Waals surface area contributed by atoms with Crippen LogP contribution in [0.1, 0.15) is 10.4 Å². The summed E-state index contributed by atoms with van der Waals surface area (Å²) in [6.45, 7) is 0. The van der Waals surface area contributed by atoms with Gasteiger partial charge < -0.3 is 19.5 Å². The molecule has 0 bridgehead atoms. The van der Waals surface area contributed by atoms with Gasteiger partial charge in [-0.2, -0.15) is 0 Å². The van der Waals surface area contributed by atoms with E-state index in [0.717, 1.165) is 5.56 Å². The van der Waals surface area contributed by atoms with Crippen molar-refractivity contribution in [3.63, 3.8) is 0 Å². The van der Waals surface area contributed by atoms with Crippen molar-refractivity contribution in [1.82, 2.24) is 10.2 Å². The van der Waals surface area contributed by atoms with Gasteiger partial charge in [-0.1, -0.05) is 23.1 Å². The molecule has 30 heavy (non-hydrogen) atoms. The first-order chi connectivity index (χ1) is 14.5. The minimum atomic E-state index is -0.427. The Balaban J connectivity index is 1.59. The van der Waals surface area contributed by atoms with Gasteiger partial charge in [0.25, 0.3) is 0 Å². The molecule has 0 atom stereocenters. The molecule has 3 aromatic rings. The van der Waals surface area contributed by atoms with Crippen molar-refractivity contribution in [2.24, 2.45) is 0 Å². The zero-order chi connectivity index (χ0) is 21.5. The molecule has 10 heteroatoms. The summed E-state index contributed by atoms with van der Waals surface area (Å²) in [6, 6.07) is 12.0. The van der Waals surface area contributed by atoms with Crippen molar-refractivity contribution in [2.45, 2.75) is 4.34 Å². The van der Waals surface area contributed by atoms with Gasteiger partial charge in [0.1, 0.15) is 16.5 Å². The molecule has 8 nitrogen and oxygen atoms in total. The Kier molecular flexibility index (Phi) is 7.26. The van der Waals surface area contributed by atoms with Crippen LogP contribution in [0.15, 0.2) is 46.8 Å². The van der Waals surface area contributed by atoms with E-state index >= 15 is 0 Å². The number of methoxy groups -OCH3 is 3. The van der Waals surface area contributed by atoms with E-state index in [1.165, 1.54) is 30.2 Å². The van der Waals surface area contributed by atoms with Crippen molar-refractivity contribution < 1.29 is 23.8 Å². The van der Waals surface area contributed by atoms with Gasteiger partial charge in [0, 0.05) is 17.3 Å². The van der Waals surface area contributed by atoms with Crippen LogP contribution < -0.4 is 14.8 Å². The maximum absolute atomic E-state index is 12.2. The molecule has 1 aromatic heterocycles. The Morgan fingerprint density at radius 1 is 1.00 bits per heavy atom. The fourth-order valence-electron chi connectivity index (χ4n) is 2.45. The number of ether oxygens (including phenoxy) is 3. The Morgan fingerprint density at radius 3 is 2.27 bits per heavy atom. The third-order valence-electron chi connectivity index (χ3n) is 3.92. The molecule has 0 radical (unpaired) electrons. The zero-order valence-corrected chi connectivity index (χ0v) is 18.1. The lowest BCUT2D eigenvalue weighted by atomic mass is 10.2. The van der Waals surface area contributed by atoms with Gasteiger partial charge in [-0.05, 0) is 36.4 Å². The summed E-state index contributed by atoms with van der Waals surface area (Å²) < 4.78 is 15.9. The Labute approximate surface area is 181 Å². The molecule has 0 aliphatic carbocycles. The number of rotatable bonds is 8. The van der Waals surface area contributed by atoms with E-state index in [-0.39, 0.29) is 11.7 Å². The fourth-order valence-corrected chi connectivity index (χ4v) is 4.09. The number of esters is 1. The number of nitrogens with zero attached hydrogens (tertiary/aromatic N) is 2. The Morgan fingerprint density at radius 2 is 1.67 bits per heavy atom. The van der Waals surface area contributed by atoms with Crippen LogP contribution in [0.3, 0.4) is 0 Å². The lowest BCUT2D eigenvalue weighted by Crippen LogP contribution is -2.14. The van der Waals surface area contributed by atoms with Gasteiger partial charge in [0.15, 0.2) is 4.34 Å². The molecule has 0 spiro atoms. The first kappa shape index (κ1) is 21.6. The van der Waals surface area contributed by atoms with Crippen molar-refractivity contribution in [2.75, 3.05) is 32.4 Å². The van der Waals surface area contributed by atoms with Crippen molar-refractivity contribution in [3.8, 4) is 22.1 Å². The van der Waals surface area contributed by atoms with Crippen molar-refractivity contribution >= 4 is 40.7 Å². The molecule has 1 amide bonds. The Hall–Kier alpha value is -3.11. The second-order valence-corrected chi connectivity index (χ2v) is 8.08. The number of aromatic nitrogens is 2. The zero-order valence-electron chi connectivity index (χ0n) is 16.5. The molecule has 156 valence electrons. The number of carbonyl (C=O) groups is 2. The van der Waals surface area contributed by atoms with Gasteiger partial charge in [-0.25, -0.2) is 4.79 Å². The second-order valence-electron chi connectivity index (χ2n) is 5.88. The number of nitrogens with one attached hydrogen (secondary N) is 1. The van der Waals surface area contributed by atoms with E-state index in [4.69, 9.17) is 9.47 Å². The van der Waals surface area contributed by atoms with E-state index in [2.05, 4.69) is 20.3 Å². The van der Waals surface area contributed by atoms with Crippen LogP contribution >= 0.6 is 23.1 Å². The van der Waals surface area contributed by atoms with E-state index in [1.54, 1.807) is 44.6 Å². The molecular formula is C20H19N3O5S2. The SMILES string of the molecule is COC(=O)c1ccc(NC(=O)CSc2nnc(-c3cc(OC)cc(OC)c3)s2)cc1. The normalized spacial score (nSPS) is 10.4. The summed E-state index contributed by atoms with van der Waals surface area (Å²) in [4.78, 5) is 23.6. The average Bonchev–Trinajstić information content (AvgIpc) is 3.26. The largest absolute Gasteiger partial charge is 0.497 e. The highest BCUT2D eigenvalue weighted by Gasteiger charge is 2.12. The molecule has 0 aliphatic heterocycles. The van der Waals surface area contributed by atoms with Crippen molar-refractivity contribution in [1.29, 1.82) is 0 Å². The van der Waals surface area contributed by atoms with Gasteiger partial charge in [0.05, 0.1) is 32.6 Å². The number of hydrogen-bond acceptors (Lipinski definition) is 9. The maximum Gasteiger partial charge on any atom is 0.337 e. The third kappa shape index (κ3) is 5.49.